The fourth-order valence-electron chi connectivity index (χ4n) is 3.90. The predicted octanol–water partition coefficient (Wildman–Crippen LogP) is 2.51. The summed E-state index contributed by atoms with van der Waals surface area (Å²) < 4.78 is 0. The number of hydrogen-bond acceptors (Lipinski definition) is 3. The molecule has 2 heterocycles. The lowest BCUT2D eigenvalue weighted by Gasteiger charge is -2.34. The van der Waals surface area contributed by atoms with Crippen LogP contribution in [-0.4, -0.2) is 79.1 Å². The summed E-state index contributed by atoms with van der Waals surface area (Å²) in [6.45, 7) is 9.69. The smallest absolute Gasteiger partial charge is 0.317 e. The van der Waals surface area contributed by atoms with E-state index in [0.29, 0.717) is 6.04 Å². The molecule has 2 fully saturated rings. The van der Waals surface area contributed by atoms with Crippen LogP contribution in [0.2, 0.25) is 0 Å². The van der Waals surface area contributed by atoms with Crippen LogP contribution in [0.4, 0.5) is 4.79 Å². The van der Waals surface area contributed by atoms with Gasteiger partial charge in [0.2, 0.25) is 0 Å². The van der Waals surface area contributed by atoms with Crippen molar-refractivity contribution in [3.05, 3.63) is 42.0 Å². The average molecular weight is 357 g/mol. The first-order valence-electron chi connectivity index (χ1n) is 9.97. The second-order valence-electron chi connectivity index (χ2n) is 7.21. The van der Waals surface area contributed by atoms with Gasteiger partial charge in [0, 0.05) is 45.3 Å². The molecule has 2 aliphatic rings. The van der Waals surface area contributed by atoms with Gasteiger partial charge in [-0.2, -0.15) is 0 Å². The summed E-state index contributed by atoms with van der Waals surface area (Å²) in [4.78, 5) is 19.3. The van der Waals surface area contributed by atoms with Crippen molar-refractivity contribution in [1.82, 2.24) is 20.0 Å². The molecular formula is C21H32N4O. The number of carbonyl (C=O) groups is 1. The van der Waals surface area contributed by atoms with Crippen molar-refractivity contribution in [2.45, 2.75) is 25.8 Å². The van der Waals surface area contributed by atoms with Crippen molar-refractivity contribution in [1.29, 1.82) is 0 Å². The van der Waals surface area contributed by atoms with E-state index < -0.39 is 0 Å². The SMILES string of the molecule is CCN1CCC[C@H]1CNC(=O)N1CCN(C/C=C/c2ccccc2)CC1. The number of nitrogens with zero attached hydrogens (tertiary/aromatic N) is 3. The largest absolute Gasteiger partial charge is 0.336 e. The van der Waals surface area contributed by atoms with Gasteiger partial charge in [-0.05, 0) is 31.5 Å². The molecule has 1 N–H and O–H groups in total. The van der Waals surface area contributed by atoms with Gasteiger partial charge in [0.05, 0.1) is 0 Å². The van der Waals surface area contributed by atoms with E-state index in [-0.39, 0.29) is 6.03 Å². The molecule has 0 aromatic heterocycles. The minimum atomic E-state index is 0.104. The first kappa shape index (κ1) is 18.9. The number of nitrogens with one attached hydrogen (secondary N) is 1. The Hall–Kier alpha value is -1.85. The Morgan fingerprint density at radius 3 is 2.65 bits per heavy atom. The van der Waals surface area contributed by atoms with Crippen LogP contribution in [-0.2, 0) is 0 Å². The Morgan fingerprint density at radius 1 is 1.15 bits per heavy atom. The van der Waals surface area contributed by atoms with E-state index >= 15 is 0 Å². The van der Waals surface area contributed by atoms with Crippen molar-refractivity contribution in [2.24, 2.45) is 0 Å². The molecule has 0 radical (unpaired) electrons. The second-order valence-corrected chi connectivity index (χ2v) is 7.21. The lowest BCUT2D eigenvalue weighted by Crippen LogP contribution is -2.53. The summed E-state index contributed by atoms with van der Waals surface area (Å²) >= 11 is 0. The van der Waals surface area contributed by atoms with E-state index in [1.165, 1.54) is 24.9 Å². The molecule has 0 bridgehead atoms. The zero-order chi connectivity index (χ0) is 18.2. The van der Waals surface area contributed by atoms with E-state index in [0.717, 1.165) is 45.8 Å². The summed E-state index contributed by atoms with van der Waals surface area (Å²) in [6.07, 6.45) is 6.84. The maximum Gasteiger partial charge on any atom is 0.317 e. The number of benzene rings is 1. The van der Waals surface area contributed by atoms with Gasteiger partial charge in [-0.25, -0.2) is 4.79 Å². The third-order valence-electron chi connectivity index (χ3n) is 5.53. The lowest BCUT2D eigenvalue weighted by atomic mass is 10.2. The number of hydrogen-bond donors (Lipinski definition) is 1. The number of likely N-dealkylation sites (N-methyl/N-ethyl adjacent to an activating group) is 1. The molecule has 5 heteroatoms. The Labute approximate surface area is 157 Å². The molecule has 142 valence electrons. The van der Waals surface area contributed by atoms with Crippen LogP contribution in [0.5, 0.6) is 0 Å². The molecular weight excluding hydrogens is 324 g/mol. The third kappa shape index (κ3) is 5.32. The highest BCUT2D eigenvalue weighted by molar-refractivity contribution is 5.74. The molecule has 1 aromatic carbocycles. The van der Waals surface area contributed by atoms with Gasteiger partial charge in [0.15, 0.2) is 0 Å². The van der Waals surface area contributed by atoms with Crippen molar-refractivity contribution < 1.29 is 4.79 Å². The minimum absolute atomic E-state index is 0.104. The van der Waals surface area contributed by atoms with E-state index in [2.05, 4.69) is 58.5 Å². The summed E-state index contributed by atoms with van der Waals surface area (Å²) in [5, 5.41) is 3.15. The molecule has 2 saturated heterocycles. The van der Waals surface area contributed by atoms with Gasteiger partial charge < -0.3 is 10.2 Å². The van der Waals surface area contributed by atoms with Crippen LogP contribution < -0.4 is 5.32 Å². The number of urea groups is 1. The Balaban J connectivity index is 1.35. The van der Waals surface area contributed by atoms with Crippen molar-refractivity contribution in [3.8, 4) is 0 Å². The molecule has 2 amide bonds. The molecule has 2 aliphatic heterocycles. The standard InChI is InChI=1S/C21H32N4O/c1-2-24-13-7-11-20(24)18-22-21(26)25-16-14-23(15-17-25)12-6-10-19-8-4-3-5-9-19/h3-6,8-10,20H,2,7,11-18H2,1H3,(H,22,26)/b10-6+/t20-/m0/s1. The lowest BCUT2D eigenvalue weighted by molar-refractivity contribution is 0.144. The maximum absolute atomic E-state index is 12.4. The van der Waals surface area contributed by atoms with E-state index in [1.54, 1.807) is 0 Å². The van der Waals surface area contributed by atoms with Gasteiger partial charge in [0.25, 0.3) is 0 Å². The maximum atomic E-state index is 12.4. The Bertz CT molecular complexity index is 581. The molecule has 1 aromatic rings. The Kier molecular flexibility index (Phi) is 7.09. The van der Waals surface area contributed by atoms with Crippen molar-refractivity contribution in [3.63, 3.8) is 0 Å². The number of likely N-dealkylation sites (tertiary alicyclic amines) is 1. The molecule has 0 saturated carbocycles. The molecule has 0 aliphatic carbocycles. The first-order chi connectivity index (χ1) is 12.8. The highest BCUT2D eigenvalue weighted by Gasteiger charge is 2.25. The normalized spacial score (nSPS) is 22.2. The minimum Gasteiger partial charge on any atom is -0.336 e. The third-order valence-corrected chi connectivity index (χ3v) is 5.53. The summed E-state index contributed by atoms with van der Waals surface area (Å²) in [6, 6.07) is 11.0. The van der Waals surface area contributed by atoms with Gasteiger partial charge in [0.1, 0.15) is 0 Å². The zero-order valence-corrected chi connectivity index (χ0v) is 15.9. The molecule has 26 heavy (non-hydrogen) atoms. The fraction of sp³-hybridized carbons (Fsp3) is 0.571. The number of rotatable bonds is 6. The second kappa shape index (κ2) is 9.74. The summed E-state index contributed by atoms with van der Waals surface area (Å²) in [7, 11) is 0. The molecule has 0 unspecified atom stereocenters. The van der Waals surface area contributed by atoms with Crippen LogP contribution in [0.3, 0.4) is 0 Å². The average Bonchev–Trinajstić information content (AvgIpc) is 3.15. The summed E-state index contributed by atoms with van der Waals surface area (Å²) in [5.74, 6) is 0. The molecule has 3 rings (SSSR count). The topological polar surface area (TPSA) is 38.8 Å². The van der Waals surface area contributed by atoms with E-state index in [9.17, 15) is 4.79 Å². The van der Waals surface area contributed by atoms with Gasteiger partial charge in [-0.3, -0.25) is 9.80 Å². The van der Waals surface area contributed by atoms with Gasteiger partial charge >= 0.3 is 6.03 Å². The summed E-state index contributed by atoms with van der Waals surface area (Å²) in [5.41, 5.74) is 1.23. The number of piperazine rings is 1. The van der Waals surface area contributed by atoms with Crippen LogP contribution >= 0.6 is 0 Å². The fourth-order valence-corrected chi connectivity index (χ4v) is 3.90. The van der Waals surface area contributed by atoms with E-state index in [4.69, 9.17) is 0 Å². The van der Waals surface area contributed by atoms with Crippen LogP contribution in [0, 0.1) is 0 Å². The van der Waals surface area contributed by atoms with Gasteiger partial charge in [-0.1, -0.05) is 49.4 Å². The highest BCUT2D eigenvalue weighted by atomic mass is 16.2. The van der Waals surface area contributed by atoms with Gasteiger partial charge in [-0.15, -0.1) is 0 Å². The highest BCUT2D eigenvalue weighted by Crippen LogP contribution is 2.15. The van der Waals surface area contributed by atoms with Crippen molar-refractivity contribution >= 4 is 12.1 Å². The molecule has 1 atom stereocenters. The molecule has 0 spiro atoms. The Morgan fingerprint density at radius 2 is 1.92 bits per heavy atom. The van der Waals surface area contributed by atoms with Crippen molar-refractivity contribution in [2.75, 3.05) is 52.4 Å². The molecule has 5 nitrogen and oxygen atoms in total. The van der Waals surface area contributed by atoms with Crippen LogP contribution in [0.25, 0.3) is 6.08 Å². The predicted molar refractivity (Wildman–Crippen MR) is 107 cm³/mol. The quantitative estimate of drug-likeness (QED) is 0.851. The van der Waals surface area contributed by atoms with E-state index in [1.807, 2.05) is 11.0 Å². The first-order valence-corrected chi connectivity index (χ1v) is 9.97. The monoisotopic (exact) mass is 356 g/mol. The number of amides is 2. The van der Waals surface area contributed by atoms with Crippen LogP contribution in [0.15, 0.2) is 36.4 Å². The van der Waals surface area contributed by atoms with Crippen LogP contribution in [0.1, 0.15) is 25.3 Å². The number of carbonyl (C=O) groups excluding carboxylic acids is 1. The zero-order valence-electron chi connectivity index (χ0n) is 15.9.